The Balaban J connectivity index is 2.10. The molecule has 102 valence electrons. The maximum Gasteiger partial charge on any atom is 0.229 e. The van der Waals surface area contributed by atoms with Crippen molar-refractivity contribution in [3.8, 4) is 0 Å². The Morgan fingerprint density at radius 2 is 2.11 bits per heavy atom. The lowest BCUT2D eigenvalue weighted by Crippen LogP contribution is -2.28. The third-order valence-electron chi connectivity index (χ3n) is 3.49. The lowest BCUT2D eigenvalue weighted by Gasteiger charge is -2.16. The van der Waals surface area contributed by atoms with Crippen LogP contribution in [0.4, 0.5) is 5.69 Å². The van der Waals surface area contributed by atoms with Gasteiger partial charge in [0, 0.05) is 12.2 Å². The van der Waals surface area contributed by atoms with Gasteiger partial charge >= 0.3 is 0 Å². The van der Waals surface area contributed by atoms with Gasteiger partial charge in [0.15, 0.2) is 0 Å². The van der Waals surface area contributed by atoms with Gasteiger partial charge in [-0.2, -0.15) is 0 Å². The number of benzene rings is 1. The zero-order valence-electron chi connectivity index (χ0n) is 11.0. The van der Waals surface area contributed by atoms with Gasteiger partial charge in [0.1, 0.15) is 0 Å². The third kappa shape index (κ3) is 3.32. The number of carbonyl (C=O) groups is 2. The van der Waals surface area contributed by atoms with E-state index in [2.05, 4.69) is 17.6 Å². The number of nitrogens with one attached hydrogen (secondary N) is 2. The number of hydrogen-bond acceptors (Lipinski definition) is 3. The van der Waals surface area contributed by atoms with Crippen LogP contribution in [0.1, 0.15) is 12.5 Å². The van der Waals surface area contributed by atoms with Crippen molar-refractivity contribution < 1.29 is 9.59 Å². The van der Waals surface area contributed by atoms with E-state index in [1.807, 2.05) is 12.1 Å². The highest BCUT2D eigenvalue weighted by Gasteiger charge is 2.29. The topological polar surface area (TPSA) is 84.2 Å². The predicted octanol–water partition coefficient (Wildman–Crippen LogP) is 0.508. The van der Waals surface area contributed by atoms with Crippen LogP contribution in [0.5, 0.6) is 0 Å². The van der Waals surface area contributed by atoms with Crippen LogP contribution in [0.25, 0.3) is 0 Å². The second kappa shape index (κ2) is 5.84. The third-order valence-corrected chi connectivity index (χ3v) is 3.49. The summed E-state index contributed by atoms with van der Waals surface area (Å²) in [7, 11) is 0. The number of primary amides is 1. The molecule has 1 aromatic rings. The van der Waals surface area contributed by atoms with Gasteiger partial charge in [-0.15, -0.1) is 0 Å². The minimum absolute atomic E-state index is 0.00517. The Bertz CT molecular complexity index is 487. The van der Waals surface area contributed by atoms with E-state index < -0.39 is 5.91 Å². The summed E-state index contributed by atoms with van der Waals surface area (Å²) < 4.78 is 0. The summed E-state index contributed by atoms with van der Waals surface area (Å²) in [4.78, 5) is 23.2. The van der Waals surface area contributed by atoms with E-state index in [9.17, 15) is 9.59 Å². The first kappa shape index (κ1) is 13.5. The van der Waals surface area contributed by atoms with Crippen molar-refractivity contribution in [2.24, 2.45) is 17.6 Å². The van der Waals surface area contributed by atoms with E-state index in [0.29, 0.717) is 18.2 Å². The molecule has 5 heteroatoms. The van der Waals surface area contributed by atoms with Crippen LogP contribution >= 0.6 is 0 Å². The molecule has 1 aliphatic heterocycles. The predicted molar refractivity (Wildman–Crippen MR) is 73.5 cm³/mol. The molecule has 0 aromatic heterocycles. The van der Waals surface area contributed by atoms with Crippen LogP contribution in [0.3, 0.4) is 0 Å². The van der Waals surface area contributed by atoms with Crippen molar-refractivity contribution in [3.05, 3.63) is 29.8 Å². The fraction of sp³-hybridized carbons (Fsp3) is 0.429. The number of hydrogen-bond donors (Lipinski definition) is 3. The van der Waals surface area contributed by atoms with Gasteiger partial charge in [0.25, 0.3) is 0 Å². The van der Waals surface area contributed by atoms with Gasteiger partial charge in [-0.1, -0.05) is 25.1 Å². The Kier molecular flexibility index (Phi) is 4.16. The Morgan fingerprint density at radius 1 is 1.37 bits per heavy atom. The first-order valence-corrected chi connectivity index (χ1v) is 6.45. The maximum atomic E-state index is 12.2. The summed E-state index contributed by atoms with van der Waals surface area (Å²) in [6.45, 7) is 3.62. The average Bonchev–Trinajstić information content (AvgIpc) is 2.77. The molecular formula is C14H19N3O2. The highest BCUT2D eigenvalue weighted by Crippen LogP contribution is 2.21. The number of amides is 2. The molecule has 2 rings (SSSR count). The zero-order valence-corrected chi connectivity index (χ0v) is 11.0. The normalized spacial score (nSPS) is 22.2. The van der Waals surface area contributed by atoms with E-state index in [-0.39, 0.29) is 18.2 Å². The fourth-order valence-corrected chi connectivity index (χ4v) is 2.37. The Hall–Kier alpha value is -1.88. The van der Waals surface area contributed by atoms with E-state index in [1.54, 1.807) is 12.1 Å². The number of carbonyl (C=O) groups excluding carboxylic acids is 2. The Labute approximate surface area is 112 Å². The molecule has 1 aliphatic rings. The average molecular weight is 261 g/mol. The molecule has 1 heterocycles. The molecule has 2 amide bonds. The smallest absolute Gasteiger partial charge is 0.229 e. The second-order valence-corrected chi connectivity index (χ2v) is 5.03. The molecule has 0 unspecified atom stereocenters. The van der Waals surface area contributed by atoms with Gasteiger partial charge in [-0.25, -0.2) is 0 Å². The largest absolute Gasteiger partial charge is 0.369 e. The van der Waals surface area contributed by atoms with Gasteiger partial charge in [0.05, 0.1) is 12.3 Å². The molecule has 0 radical (unpaired) electrons. The van der Waals surface area contributed by atoms with Crippen LogP contribution < -0.4 is 16.4 Å². The fourth-order valence-electron chi connectivity index (χ4n) is 2.37. The van der Waals surface area contributed by atoms with Gasteiger partial charge in [-0.05, 0) is 24.1 Å². The SMILES string of the molecule is C[C@@H]1CNC[C@H]1C(=O)Nc1ccccc1CC(N)=O. The lowest BCUT2D eigenvalue weighted by atomic mass is 9.97. The van der Waals surface area contributed by atoms with Crippen LogP contribution in [-0.4, -0.2) is 24.9 Å². The van der Waals surface area contributed by atoms with E-state index in [1.165, 1.54) is 0 Å². The van der Waals surface area contributed by atoms with Crippen LogP contribution in [0, 0.1) is 11.8 Å². The summed E-state index contributed by atoms with van der Waals surface area (Å²) in [5.74, 6) is -0.114. The molecular weight excluding hydrogens is 242 g/mol. The molecule has 0 aliphatic carbocycles. The van der Waals surface area contributed by atoms with Crippen LogP contribution in [0.2, 0.25) is 0 Å². The molecule has 2 atom stereocenters. The lowest BCUT2D eigenvalue weighted by molar-refractivity contribution is -0.120. The van der Waals surface area contributed by atoms with Crippen LogP contribution in [0.15, 0.2) is 24.3 Å². The van der Waals surface area contributed by atoms with Crippen molar-refractivity contribution in [3.63, 3.8) is 0 Å². The number of para-hydroxylation sites is 1. The summed E-state index contributed by atoms with van der Waals surface area (Å²) in [5, 5.41) is 6.10. The quantitative estimate of drug-likeness (QED) is 0.738. The number of nitrogens with two attached hydrogens (primary N) is 1. The minimum atomic E-state index is -0.405. The summed E-state index contributed by atoms with van der Waals surface area (Å²) in [5.41, 5.74) is 6.63. The van der Waals surface area contributed by atoms with Gasteiger partial charge in [0.2, 0.25) is 11.8 Å². The van der Waals surface area contributed by atoms with E-state index in [0.717, 1.165) is 12.1 Å². The highest BCUT2D eigenvalue weighted by atomic mass is 16.2. The van der Waals surface area contributed by atoms with Gasteiger partial charge < -0.3 is 16.4 Å². The Morgan fingerprint density at radius 3 is 2.74 bits per heavy atom. The molecule has 1 aromatic carbocycles. The summed E-state index contributed by atoms with van der Waals surface area (Å²) >= 11 is 0. The van der Waals surface area contributed by atoms with Crippen molar-refractivity contribution in [1.29, 1.82) is 0 Å². The molecule has 5 nitrogen and oxygen atoms in total. The van der Waals surface area contributed by atoms with Crippen molar-refractivity contribution >= 4 is 17.5 Å². The monoisotopic (exact) mass is 261 g/mol. The standard InChI is InChI=1S/C14H19N3O2/c1-9-7-16-8-11(9)14(19)17-12-5-3-2-4-10(12)6-13(15)18/h2-5,9,11,16H,6-8H2,1H3,(H2,15,18)(H,17,19)/t9-,11-/m1/s1. The summed E-state index contributed by atoms with van der Waals surface area (Å²) in [6, 6.07) is 7.25. The van der Waals surface area contributed by atoms with Crippen molar-refractivity contribution in [1.82, 2.24) is 5.32 Å². The molecule has 1 fully saturated rings. The van der Waals surface area contributed by atoms with Gasteiger partial charge in [-0.3, -0.25) is 9.59 Å². The molecule has 4 N–H and O–H groups in total. The first-order valence-electron chi connectivity index (χ1n) is 6.45. The number of anilines is 1. The van der Waals surface area contributed by atoms with Crippen molar-refractivity contribution in [2.45, 2.75) is 13.3 Å². The molecule has 0 spiro atoms. The molecule has 0 bridgehead atoms. The first-order chi connectivity index (χ1) is 9.08. The van der Waals surface area contributed by atoms with E-state index in [4.69, 9.17) is 5.73 Å². The zero-order chi connectivity index (χ0) is 13.8. The minimum Gasteiger partial charge on any atom is -0.369 e. The number of rotatable bonds is 4. The maximum absolute atomic E-state index is 12.2. The van der Waals surface area contributed by atoms with Crippen molar-refractivity contribution in [2.75, 3.05) is 18.4 Å². The highest BCUT2D eigenvalue weighted by molar-refractivity contribution is 5.94. The molecule has 19 heavy (non-hydrogen) atoms. The van der Waals surface area contributed by atoms with Crippen LogP contribution in [-0.2, 0) is 16.0 Å². The second-order valence-electron chi connectivity index (χ2n) is 5.03. The molecule has 1 saturated heterocycles. The molecule has 0 saturated carbocycles. The summed E-state index contributed by atoms with van der Waals surface area (Å²) in [6.07, 6.45) is 0.134. The van der Waals surface area contributed by atoms with E-state index >= 15 is 0 Å².